The third-order valence-corrected chi connectivity index (χ3v) is 5.01. The predicted octanol–water partition coefficient (Wildman–Crippen LogP) is 3.41. The van der Waals surface area contributed by atoms with Crippen LogP contribution < -0.4 is 5.32 Å². The molecule has 7 heteroatoms. The van der Waals surface area contributed by atoms with Crippen LogP contribution in [0.15, 0.2) is 40.7 Å². The standard InChI is InChI=1S/C17H17FN4OS/c1-9-7-12-14(13(23)8-9)15(10-3-5-11(18)6-4-10)22-16(19-12)20-17(21-22)24-2/h3-6,9,15H,7-8H2,1-2H3,(H,19,20,21)/t9-,15+/m1/s1. The van der Waals surface area contributed by atoms with Crippen LogP contribution >= 0.6 is 11.8 Å². The smallest absolute Gasteiger partial charge is 0.227 e. The molecule has 0 bridgehead atoms. The number of hydrogen-bond donors (Lipinski definition) is 1. The fourth-order valence-corrected chi connectivity index (χ4v) is 3.77. The summed E-state index contributed by atoms with van der Waals surface area (Å²) in [5.41, 5.74) is 2.48. The van der Waals surface area contributed by atoms with Gasteiger partial charge in [-0.05, 0) is 36.3 Å². The molecule has 1 aromatic heterocycles. The van der Waals surface area contributed by atoms with Gasteiger partial charge in [-0.1, -0.05) is 30.8 Å². The van der Waals surface area contributed by atoms with Crippen molar-refractivity contribution in [2.75, 3.05) is 11.6 Å². The fourth-order valence-electron chi connectivity index (χ4n) is 3.43. The van der Waals surface area contributed by atoms with Gasteiger partial charge in [-0.15, -0.1) is 5.10 Å². The highest BCUT2D eigenvalue weighted by Gasteiger charge is 2.38. The Hall–Kier alpha value is -2.15. The molecule has 0 saturated heterocycles. The number of fused-ring (bicyclic) bond motifs is 1. The lowest BCUT2D eigenvalue weighted by molar-refractivity contribution is -0.117. The van der Waals surface area contributed by atoms with Crippen molar-refractivity contribution in [3.63, 3.8) is 0 Å². The first-order chi connectivity index (χ1) is 11.6. The van der Waals surface area contributed by atoms with E-state index in [4.69, 9.17) is 0 Å². The molecule has 1 aliphatic heterocycles. The highest BCUT2D eigenvalue weighted by molar-refractivity contribution is 7.98. The van der Waals surface area contributed by atoms with Crippen molar-refractivity contribution in [3.8, 4) is 0 Å². The van der Waals surface area contributed by atoms with Crippen molar-refractivity contribution >= 4 is 23.5 Å². The Labute approximate surface area is 143 Å². The number of Topliss-reactive ketones (excluding diaryl/α,β-unsaturated/α-hetero) is 1. The summed E-state index contributed by atoms with van der Waals surface area (Å²) in [4.78, 5) is 17.2. The number of aromatic nitrogens is 3. The second-order valence-electron chi connectivity index (χ2n) is 6.27. The van der Waals surface area contributed by atoms with Crippen LogP contribution in [0.2, 0.25) is 0 Å². The van der Waals surface area contributed by atoms with Gasteiger partial charge in [0.2, 0.25) is 11.1 Å². The molecule has 4 rings (SSSR count). The van der Waals surface area contributed by atoms with Crippen LogP contribution in [-0.2, 0) is 4.79 Å². The number of ketones is 1. The molecule has 1 aromatic carbocycles. The van der Waals surface area contributed by atoms with E-state index in [1.807, 2.05) is 6.26 Å². The molecule has 0 fully saturated rings. The van der Waals surface area contributed by atoms with Gasteiger partial charge in [0, 0.05) is 17.7 Å². The van der Waals surface area contributed by atoms with E-state index in [0.29, 0.717) is 23.4 Å². The second kappa shape index (κ2) is 5.73. The molecule has 0 radical (unpaired) electrons. The van der Waals surface area contributed by atoms with E-state index in [-0.39, 0.29) is 17.6 Å². The zero-order valence-electron chi connectivity index (χ0n) is 13.4. The highest BCUT2D eigenvalue weighted by atomic mass is 32.2. The number of allylic oxidation sites excluding steroid dienone is 2. The van der Waals surface area contributed by atoms with Crippen molar-refractivity contribution in [3.05, 3.63) is 46.9 Å². The molecular formula is C17H17FN4OS. The molecule has 2 aromatic rings. The van der Waals surface area contributed by atoms with E-state index in [1.54, 1.807) is 16.8 Å². The molecule has 0 unspecified atom stereocenters. The summed E-state index contributed by atoms with van der Waals surface area (Å²) in [6, 6.07) is 5.90. The maximum atomic E-state index is 13.3. The van der Waals surface area contributed by atoms with Gasteiger partial charge in [0.1, 0.15) is 11.9 Å². The molecule has 0 saturated carbocycles. The van der Waals surface area contributed by atoms with Crippen molar-refractivity contribution in [1.29, 1.82) is 0 Å². The minimum atomic E-state index is -0.356. The molecule has 1 aliphatic carbocycles. The number of nitrogens with zero attached hydrogens (tertiary/aromatic N) is 3. The Morgan fingerprint density at radius 2 is 2.04 bits per heavy atom. The van der Waals surface area contributed by atoms with Gasteiger partial charge in [-0.25, -0.2) is 9.07 Å². The lowest BCUT2D eigenvalue weighted by Crippen LogP contribution is -2.33. The lowest BCUT2D eigenvalue weighted by Gasteiger charge is -2.34. The Bertz CT molecular complexity index is 843. The Morgan fingerprint density at radius 1 is 1.29 bits per heavy atom. The van der Waals surface area contributed by atoms with Crippen LogP contribution in [-0.4, -0.2) is 26.8 Å². The number of carbonyl (C=O) groups excluding carboxylic acids is 1. The minimum Gasteiger partial charge on any atom is -0.328 e. The zero-order valence-corrected chi connectivity index (χ0v) is 14.2. The van der Waals surface area contributed by atoms with E-state index in [0.717, 1.165) is 23.3 Å². The summed E-state index contributed by atoms with van der Waals surface area (Å²) < 4.78 is 15.1. The fraction of sp³-hybridized carbons (Fsp3) is 0.353. The van der Waals surface area contributed by atoms with Gasteiger partial charge >= 0.3 is 0 Å². The molecule has 124 valence electrons. The Morgan fingerprint density at radius 3 is 2.75 bits per heavy atom. The molecular weight excluding hydrogens is 327 g/mol. The largest absolute Gasteiger partial charge is 0.328 e. The van der Waals surface area contributed by atoms with Crippen LogP contribution in [0.25, 0.3) is 0 Å². The molecule has 5 nitrogen and oxygen atoms in total. The summed E-state index contributed by atoms with van der Waals surface area (Å²) in [7, 11) is 0. The topological polar surface area (TPSA) is 59.8 Å². The van der Waals surface area contributed by atoms with Crippen molar-refractivity contribution in [2.45, 2.75) is 31.0 Å². The summed E-state index contributed by atoms with van der Waals surface area (Å²) in [5.74, 6) is 0.757. The first-order valence-corrected chi connectivity index (χ1v) is 9.08. The number of rotatable bonds is 2. The molecule has 2 atom stereocenters. The van der Waals surface area contributed by atoms with Gasteiger partial charge in [0.25, 0.3) is 0 Å². The Balaban J connectivity index is 1.90. The summed E-state index contributed by atoms with van der Waals surface area (Å²) in [6.45, 7) is 2.07. The van der Waals surface area contributed by atoms with Crippen molar-refractivity contribution < 1.29 is 9.18 Å². The van der Waals surface area contributed by atoms with Gasteiger partial charge in [0.15, 0.2) is 5.78 Å². The summed E-state index contributed by atoms with van der Waals surface area (Å²) in [6.07, 6.45) is 3.24. The van der Waals surface area contributed by atoms with Crippen LogP contribution in [0.3, 0.4) is 0 Å². The number of anilines is 1. The third kappa shape index (κ3) is 2.43. The number of benzene rings is 1. The number of thioether (sulfide) groups is 1. The monoisotopic (exact) mass is 344 g/mol. The summed E-state index contributed by atoms with van der Waals surface area (Å²) in [5, 5.41) is 8.45. The molecule has 1 N–H and O–H groups in total. The van der Waals surface area contributed by atoms with Gasteiger partial charge in [0.05, 0.1) is 0 Å². The predicted molar refractivity (Wildman–Crippen MR) is 90.4 cm³/mol. The molecule has 0 amide bonds. The van der Waals surface area contributed by atoms with Crippen LogP contribution in [0.5, 0.6) is 0 Å². The number of hydrogen-bond acceptors (Lipinski definition) is 5. The van der Waals surface area contributed by atoms with E-state index in [1.165, 1.54) is 23.9 Å². The minimum absolute atomic E-state index is 0.123. The summed E-state index contributed by atoms with van der Waals surface area (Å²) >= 11 is 1.45. The van der Waals surface area contributed by atoms with E-state index >= 15 is 0 Å². The van der Waals surface area contributed by atoms with Crippen molar-refractivity contribution in [2.24, 2.45) is 5.92 Å². The van der Waals surface area contributed by atoms with Gasteiger partial charge in [-0.2, -0.15) is 4.98 Å². The van der Waals surface area contributed by atoms with Crippen LogP contribution in [0.4, 0.5) is 10.3 Å². The lowest BCUT2D eigenvalue weighted by atomic mass is 9.81. The number of nitrogens with one attached hydrogen (secondary N) is 1. The zero-order chi connectivity index (χ0) is 16.8. The first kappa shape index (κ1) is 15.4. The molecule has 2 aliphatic rings. The SMILES string of the molecule is CSc1nc2n(n1)[C@@H](c1ccc(F)cc1)C1=C(C[C@@H](C)CC1=O)N2. The van der Waals surface area contributed by atoms with Crippen LogP contribution in [0, 0.1) is 11.7 Å². The van der Waals surface area contributed by atoms with Crippen LogP contribution in [0.1, 0.15) is 31.4 Å². The highest BCUT2D eigenvalue weighted by Crippen LogP contribution is 2.41. The normalized spacial score (nSPS) is 22.9. The number of halogens is 1. The first-order valence-electron chi connectivity index (χ1n) is 7.86. The van der Waals surface area contributed by atoms with E-state index < -0.39 is 0 Å². The molecule has 24 heavy (non-hydrogen) atoms. The van der Waals surface area contributed by atoms with Gasteiger partial charge in [-0.3, -0.25) is 4.79 Å². The van der Waals surface area contributed by atoms with Crippen molar-refractivity contribution in [1.82, 2.24) is 14.8 Å². The van der Waals surface area contributed by atoms with E-state index in [2.05, 4.69) is 22.3 Å². The maximum Gasteiger partial charge on any atom is 0.227 e. The average Bonchev–Trinajstić information content (AvgIpc) is 2.96. The van der Waals surface area contributed by atoms with Gasteiger partial charge < -0.3 is 5.32 Å². The maximum absolute atomic E-state index is 13.3. The Kier molecular flexibility index (Phi) is 3.68. The number of carbonyl (C=O) groups is 1. The quantitative estimate of drug-likeness (QED) is 0.846. The van der Waals surface area contributed by atoms with E-state index in [9.17, 15) is 9.18 Å². The third-order valence-electron chi connectivity index (χ3n) is 4.47. The second-order valence-corrected chi connectivity index (χ2v) is 7.05. The average molecular weight is 344 g/mol. The molecule has 0 spiro atoms. The molecule has 2 heterocycles.